The first kappa shape index (κ1) is 15.8. The SMILES string of the molecule is CS(=O)(=O)SCCCCCCSS(=O)[O-]. The summed E-state index contributed by atoms with van der Waals surface area (Å²) in [6, 6.07) is 0. The largest absolute Gasteiger partial charge is 0.764 e. The van der Waals surface area contributed by atoms with Gasteiger partial charge in [-0.25, -0.2) is 8.42 Å². The molecule has 0 aliphatic carbocycles. The van der Waals surface area contributed by atoms with Crippen molar-refractivity contribution in [3.63, 3.8) is 0 Å². The Morgan fingerprint density at radius 3 is 2.13 bits per heavy atom. The van der Waals surface area contributed by atoms with Crippen LogP contribution in [0.3, 0.4) is 0 Å². The average molecular weight is 291 g/mol. The van der Waals surface area contributed by atoms with Crippen molar-refractivity contribution in [2.75, 3.05) is 17.8 Å². The third kappa shape index (κ3) is 14.8. The number of unbranched alkanes of at least 4 members (excludes halogenated alkanes) is 3. The summed E-state index contributed by atoms with van der Waals surface area (Å²) in [6.07, 6.45) is 4.84. The summed E-state index contributed by atoms with van der Waals surface area (Å²) >= 11 is 0. The van der Waals surface area contributed by atoms with Crippen molar-refractivity contribution in [3.05, 3.63) is 0 Å². The maximum absolute atomic E-state index is 10.7. The Morgan fingerprint density at radius 2 is 1.67 bits per heavy atom. The Labute approximate surface area is 101 Å². The topological polar surface area (TPSA) is 74.3 Å². The molecule has 1 unspecified atom stereocenters. The minimum atomic E-state index is -2.90. The fraction of sp³-hybridized carbons (Fsp3) is 1.00. The molecule has 4 nitrogen and oxygen atoms in total. The van der Waals surface area contributed by atoms with E-state index in [1.807, 2.05) is 0 Å². The van der Waals surface area contributed by atoms with E-state index in [9.17, 15) is 17.2 Å². The standard InChI is InChI=1S/C7H16O4S4/c1-15(10,11)13-7-5-3-2-4-6-12-14(8)9/h2-7H2,1H3,(H,8,9)/p-1. The Hall–Kier alpha value is 0.760. The predicted molar refractivity (Wildman–Crippen MR) is 67.1 cm³/mol. The molecule has 0 N–H and O–H groups in total. The second kappa shape index (κ2) is 8.86. The highest BCUT2D eigenvalue weighted by Gasteiger charge is 2.01. The molecule has 15 heavy (non-hydrogen) atoms. The summed E-state index contributed by atoms with van der Waals surface area (Å²) in [4.78, 5) is 0. The molecule has 1 atom stereocenters. The summed E-state index contributed by atoms with van der Waals surface area (Å²) in [6.45, 7) is 0. The summed E-state index contributed by atoms with van der Waals surface area (Å²) in [5.41, 5.74) is 0. The highest BCUT2D eigenvalue weighted by Crippen LogP contribution is 2.14. The average Bonchev–Trinajstić information content (AvgIpc) is 2.07. The van der Waals surface area contributed by atoms with Crippen LogP contribution in [0.1, 0.15) is 25.7 Å². The Bertz CT molecular complexity index is 275. The first-order valence-corrected chi connectivity index (χ1v) is 10.5. The maximum Gasteiger partial charge on any atom is 0.198 e. The summed E-state index contributed by atoms with van der Waals surface area (Å²) in [7, 11) is -3.02. The normalized spacial score (nSPS) is 14.0. The van der Waals surface area contributed by atoms with Gasteiger partial charge in [0, 0.05) is 27.9 Å². The van der Waals surface area contributed by atoms with E-state index in [1.165, 1.54) is 6.26 Å². The smallest absolute Gasteiger partial charge is 0.198 e. The summed E-state index contributed by atoms with van der Waals surface area (Å²) in [5.74, 6) is 1.24. The molecule has 0 amide bonds. The van der Waals surface area contributed by atoms with Gasteiger partial charge in [0.05, 0.1) is 0 Å². The quantitative estimate of drug-likeness (QED) is 0.366. The van der Waals surface area contributed by atoms with Gasteiger partial charge in [-0.3, -0.25) is 4.21 Å². The minimum absolute atomic E-state index is 0.620. The van der Waals surface area contributed by atoms with E-state index in [-0.39, 0.29) is 0 Å². The van der Waals surface area contributed by atoms with E-state index < -0.39 is 19.0 Å². The van der Waals surface area contributed by atoms with Gasteiger partial charge in [0.25, 0.3) is 0 Å². The summed E-state index contributed by atoms with van der Waals surface area (Å²) < 4.78 is 41.7. The van der Waals surface area contributed by atoms with Crippen LogP contribution in [0.15, 0.2) is 0 Å². The summed E-state index contributed by atoms with van der Waals surface area (Å²) in [5, 5.41) is 0. The Kier molecular flexibility index (Phi) is 9.31. The molecule has 0 aromatic carbocycles. The van der Waals surface area contributed by atoms with Crippen LogP contribution in [0.4, 0.5) is 0 Å². The molecule has 0 bridgehead atoms. The van der Waals surface area contributed by atoms with Gasteiger partial charge in [-0.15, -0.1) is 0 Å². The molecular weight excluding hydrogens is 276 g/mol. The van der Waals surface area contributed by atoms with E-state index in [2.05, 4.69) is 0 Å². The zero-order chi connectivity index (χ0) is 11.7. The van der Waals surface area contributed by atoms with Crippen LogP contribution in [-0.2, 0) is 19.0 Å². The van der Waals surface area contributed by atoms with E-state index in [4.69, 9.17) is 0 Å². The lowest BCUT2D eigenvalue weighted by Crippen LogP contribution is -1.91. The van der Waals surface area contributed by atoms with Crippen LogP contribution in [-0.4, -0.2) is 34.9 Å². The van der Waals surface area contributed by atoms with Crippen molar-refractivity contribution in [1.29, 1.82) is 0 Å². The Balaban J connectivity index is 3.16. The van der Waals surface area contributed by atoms with Gasteiger partial charge in [-0.1, -0.05) is 23.6 Å². The lowest BCUT2D eigenvalue weighted by Gasteiger charge is -2.03. The predicted octanol–water partition coefficient (Wildman–Crippen LogP) is 1.77. The molecule has 92 valence electrons. The molecule has 0 rings (SSSR count). The third-order valence-electron chi connectivity index (χ3n) is 1.52. The molecule has 0 aromatic rings. The van der Waals surface area contributed by atoms with Gasteiger partial charge in [0.15, 0.2) is 8.87 Å². The molecule has 0 saturated heterocycles. The monoisotopic (exact) mass is 291 g/mol. The van der Waals surface area contributed by atoms with Crippen LogP contribution in [0.5, 0.6) is 0 Å². The molecule has 0 aliphatic rings. The lowest BCUT2D eigenvalue weighted by atomic mass is 10.2. The van der Waals surface area contributed by atoms with Crippen LogP contribution in [0.2, 0.25) is 0 Å². The van der Waals surface area contributed by atoms with Crippen LogP contribution < -0.4 is 0 Å². The van der Waals surface area contributed by atoms with Crippen molar-refractivity contribution in [3.8, 4) is 0 Å². The second-order valence-corrected chi connectivity index (χ2v) is 10.1. The fourth-order valence-corrected chi connectivity index (χ4v) is 4.00. The third-order valence-corrected chi connectivity index (χ3v) is 5.91. The van der Waals surface area contributed by atoms with Gasteiger partial charge < -0.3 is 4.55 Å². The molecule has 0 aliphatic heterocycles. The van der Waals surface area contributed by atoms with Crippen molar-refractivity contribution in [2.24, 2.45) is 0 Å². The molecule has 0 spiro atoms. The number of hydrogen-bond donors (Lipinski definition) is 0. The van der Waals surface area contributed by atoms with Gasteiger partial charge >= 0.3 is 0 Å². The van der Waals surface area contributed by atoms with E-state index >= 15 is 0 Å². The first-order chi connectivity index (χ1) is 6.92. The van der Waals surface area contributed by atoms with Crippen molar-refractivity contribution >= 4 is 40.6 Å². The van der Waals surface area contributed by atoms with E-state index in [1.54, 1.807) is 0 Å². The Morgan fingerprint density at radius 1 is 1.13 bits per heavy atom. The van der Waals surface area contributed by atoms with E-state index in [0.29, 0.717) is 11.5 Å². The van der Waals surface area contributed by atoms with Crippen molar-refractivity contribution < 1.29 is 17.2 Å². The zero-order valence-corrected chi connectivity index (χ0v) is 11.8. The van der Waals surface area contributed by atoms with Crippen LogP contribution in [0.25, 0.3) is 0 Å². The van der Waals surface area contributed by atoms with Crippen molar-refractivity contribution in [1.82, 2.24) is 0 Å². The highest BCUT2D eigenvalue weighted by atomic mass is 33.1. The van der Waals surface area contributed by atoms with Crippen LogP contribution >= 0.6 is 21.6 Å². The van der Waals surface area contributed by atoms with E-state index in [0.717, 1.165) is 47.3 Å². The highest BCUT2D eigenvalue weighted by molar-refractivity contribution is 8.71. The number of hydrogen-bond acceptors (Lipinski definition) is 6. The molecule has 0 fully saturated rings. The zero-order valence-electron chi connectivity index (χ0n) is 8.51. The molecule has 0 saturated carbocycles. The molecule has 0 aromatic heterocycles. The van der Waals surface area contributed by atoms with Gasteiger partial charge in [0.1, 0.15) is 0 Å². The lowest BCUT2D eigenvalue weighted by molar-refractivity contribution is 0.553. The number of rotatable bonds is 9. The molecule has 0 heterocycles. The molecule has 8 heteroatoms. The van der Waals surface area contributed by atoms with Gasteiger partial charge in [0.2, 0.25) is 0 Å². The van der Waals surface area contributed by atoms with Crippen LogP contribution in [0, 0.1) is 0 Å². The molecule has 0 radical (unpaired) electrons. The van der Waals surface area contributed by atoms with Gasteiger partial charge in [-0.2, -0.15) is 0 Å². The maximum atomic E-state index is 10.7. The molecular formula is C7H15O4S4-. The second-order valence-electron chi connectivity index (χ2n) is 2.97. The first-order valence-electron chi connectivity index (χ1n) is 4.49. The fourth-order valence-electron chi connectivity index (χ4n) is 0.895. The minimum Gasteiger partial charge on any atom is -0.764 e. The van der Waals surface area contributed by atoms with Crippen molar-refractivity contribution in [2.45, 2.75) is 25.7 Å². The van der Waals surface area contributed by atoms with Gasteiger partial charge in [-0.05, 0) is 23.6 Å².